The number of aliphatic hydroxyl groups is 3. The third-order valence-electron chi connectivity index (χ3n) is 15.5. The predicted octanol–water partition coefficient (Wildman–Crippen LogP) is 6.48. The molecule has 15 heteroatoms. The number of Topliss-reactive ketones (excluding diaryl/α,β-unsaturated/α-hetero) is 2. The molecule has 1 aliphatic carbocycles. The summed E-state index contributed by atoms with van der Waals surface area (Å²) in [7, 11) is 4.79. The van der Waals surface area contributed by atoms with Crippen molar-refractivity contribution in [2.24, 2.45) is 29.6 Å². The summed E-state index contributed by atoms with van der Waals surface area (Å²) < 4.78 is 23.9. The van der Waals surface area contributed by atoms with Crippen LogP contribution in [0.15, 0.2) is 47.6 Å². The van der Waals surface area contributed by atoms with Crippen molar-refractivity contribution in [1.29, 1.82) is 0 Å². The summed E-state index contributed by atoms with van der Waals surface area (Å²) in [4.78, 5) is 74.9. The Morgan fingerprint density at radius 2 is 1.50 bits per heavy atom. The van der Waals surface area contributed by atoms with E-state index in [4.69, 9.17) is 18.9 Å². The van der Waals surface area contributed by atoms with Crippen LogP contribution in [0, 0.1) is 29.6 Å². The van der Waals surface area contributed by atoms with E-state index in [0.29, 0.717) is 89.3 Å². The quantitative estimate of drug-likeness (QED) is 0.150. The smallest absolute Gasteiger partial charge is 0.329 e. The zero-order valence-corrected chi connectivity index (χ0v) is 42.3. The van der Waals surface area contributed by atoms with E-state index in [1.54, 1.807) is 37.8 Å². The number of carbonyl (C=O) groups excluding carboxylic acids is 5. The van der Waals surface area contributed by atoms with E-state index in [1.807, 2.05) is 64.2 Å². The lowest BCUT2D eigenvalue weighted by atomic mass is 9.82. The molecule has 4 fully saturated rings. The summed E-state index contributed by atoms with van der Waals surface area (Å²) in [6.45, 7) is 12.5. The van der Waals surface area contributed by atoms with Crippen molar-refractivity contribution in [1.82, 2.24) is 14.7 Å². The maximum absolute atomic E-state index is 14.4. The van der Waals surface area contributed by atoms with Crippen molar-refractivity contribution in [3.63, 3.8) is 0 Å². The number of hydrogen-bond donors (Lipinski definition) is 3. The largest absolute Gasteiger partial charge is 0.461 e. The number of amides is 3. The fourth-order valence-corrected chi connectivity index (χ4v) is 11.0. The van der Waals surface area contributed by atoms with E-state index < -0.39 is 77.9 Å². The highest BCUT2D eigenvalue weighted by molar-refractivity contribution is 6.39. The maximum atomic E-state index is 14.4. The lowest BCUT2D eigenvalue weighted by molar-refractivity contribution is -0.264. The number of rotatable bonds is 6. The molecule has 3 amide bonds. The summed E-state index contributed by atoms with van der Waals surface area (Å²) in [5, 5.41) is 34.1. The summed E-state index contributed by atoms with van der Waals surface area (Å²) in [6.07, 6.45) is 15.0. The molecule has 4 aliphatic heterocycles. The van der Waals surface area contributed by atoms with Crippen LogP contribution in [0.1, 0.15) is 131 Å². The van der Waals surface area contributed by atoms with Gasteiger partial charge in [-0.05, 0) is 127 Å². The molecular formula is C53H83N3O12. The number of urea groups is 1. The van der Waals surface area contributed by atoms with Crippen molar-refractivity contribution in [3.8, 4) is 0 Å². The van der Waals surface area contributed by atoms with Gasteiger partial charge in [0.05, 0.1) is 24.4 Å². The minimum atomic E-state index is -2.44. The Bertz CT molecular complexity index is 1870. The molecule has 15 nitrogen and oxygen atoms in total. The summed E-state index contributed by atoms with van der Waals surface area (Å²) in [5.74, 6) is -6.25. The van der Waals surface area contributed by atoms with Gasteiger partial charge < -0.3 is 49.0 Å². The Kier molecular flexibility index (Phi) is 20.6. The lowest BCUT2D eigenvalue weighted by Crippen LogP contribution is -2.61. The number of carbonyl (C=O) groups is 5. The number of ether oxygens (including phenoxy) is 4. The molecule has 2 bridgehead atoms. The van der Waals surface area contributed by atoms with Gasteiger partial charge in [0, 0.05) is 52.7 Å². The van der Waals surface area contributed by atoms with Crippen molar-refractivity contribution in [2.75, 3.05) is 40.9 Å². The standard InChI is InChI=1S/C53H83N3O12/c1-33-15-11-10-12-16-35(3)43(56-28-27-54(7)52(56)63)32-41-23-19-38(6)53(64,68-41)49(60)50(61)55-26-14-13-17-42(55)51(62)67-40(24-20-39-21-25-44(57)45(31-39)65-8)22-18-34(2)30-37(5)47(59)48(66-9)46(58)36(4)29-33/h10-12,15-16,30,33-34,36,38-45,47-48,57,59,64H,13-14,17-29,31-32H2,1-9H3/b12-10+,15-11+,35-16+,37-30+/t33-,34+,36-,38-,39-,40+,41+,42+,43?,44-,45-,47-,48+,53-/m1/s1. The van der Waals surface area contributed by atoms with Crippen molar-refractivity contribution in [2.45, 2.75) is 186 Å². The van der Waals surface area contributed by atoms with Crippen molar-refractivity contribution < 1.29 is 58.2 Å². The summed E-state index contributed by atoms with van der Waals surface area (Å²) >= 11 is 0. The molecule has 1 unspecified atom stereocenters. The highest BCUT2D eigenvalue weighted by atomic mass is 16.6. The van der Waals surface area contributed by atoms with Crippen LogP contribution in [0.4, 0.5) is 4.79 Å². The van der Waals surface area contributed by atoms with Gasteiger partial charge in [-0.25, -0.2) is 9.59 Å². The zero-order valence-electron chi connectivity index (χ0n) is 42.3. The first-order valence-electron chi connectivity index (χ1n) is 25.4. The number of allylic oxidation sites excluding steroid dienone is 6. The highest BCUT2D eigenvalue weighted by Gasteiger charge is 2.53. The van der Waals surface area contributed by atoms with Crippen LogP contribution in [0.2, 0.25) is 0 Å². The van der Waals surface area contributed by atoms with Gasteiger partial charge in [-0.1, -0.05) is 69.7 Å². The molecule has 14 atom stereocenters. The topological polar surface area (TPSA) is 193 Å². The highest BCUT2D eigenvalue weighted by Crippen LogP contribution is 2.38. The second kappa shape index (κ2) is 25.4. The van der Waals surface area contributed by atoms with E-state index in [1.165, 1.54) is 12.0 Å². The molecule has 5 aliphatic rings. The number of likely N-dealkylation sites (N-methyl/N-ethyl adjacent to an activating group) is 1. The molecule has 4 heterocycles. The number of piperidine rings is 1. The molecule has 0 aromatic heterocycles. The molecule has 5 rings (SSSR count). The van der Waals surface area contributed by atoms with Gasteiger partial charge >= 0.3 is 12.0 Å². The third kappa shape index (κ3) is 14.0. The summed E-state index contributed by atoms with van der Waals surface area (Å²) in [5.41, 5.74) is 1.47. The van der Waals surface area contributed by atoms with Crippen LogP contribution in [0.25, 0.3) is 0 Å². The van der Waals surface area contributed by atoms with E-state index >= 15 is 0 Å². The number of fused-ring (bicyclic) bond motifs is 3. The van der Waals surface area contributed by atoms with Crippen LogP contribution < -0.4 is 0 Å². The minimum Gasteiger partial charge on any atom is -0.461 e. The molecule has 0 spiro atoms. The molecule has 382 valence electrons. The number of aliphatic hydroxyl groups excluding tert-OH is 2. The fourth-order valence-electron chi connectivity index (χ4n) is 11.0. The Morgan fingerprint density at radius 3 is 2.19 bits per heavy atom. The van der Waals surface area contributed by atoms with Gasteiger partial charge in [0.2, 0.25) is 5.79 Å². The zero-order chi connectivity index (χ0) is 49.9. The first-order chi connectivity index (χ1) is 32.3. The van der Waals surface area contributed by atoms with Gasteiger partial charge in [0.1, 0.15) is 24.4 Å². The molecule has 3 saturated heterocycles. The predicted molar refractivity (Wildman–Crippen MR) is 258 cm³/mol. The average molecular weight is 954 g/mol. The van der Waals surface area contributed by atoms with E-state index in [9.17, 15) is 39.3 Å². The Hall–Kier alpha value is -3.73. The molecule has 0 radical (unpaired) electrons. The van der Waals surface area contributed by atoms with Gasteiger partial charge in [-0.2, -0.15) is 0 Å². The van der Waals surface area contributed by atoms with Crippen LogP contribution >= 0.6 is 0 Å². The van der Waals surface area contributed by atoms with E-state index in [0.717, 1.165) is 18.4 Å². The first kappa shape index (κ1) is 55.2. The van der Waals surface area contributed by atoms with E-state index in [-0.39, 0.29) is 48.6 Å². The number of hydrogen-bond acceptors (Lipinski definition) is 12. The molecule has 3 N–H and O–H groups in total. The SMILES string of the molecule is CO[C@@H]1C[C@H](CC[C@@H]2CC[C@H](C)/C=C(\C)[C@@H](O)[C@@H](OC)C(=O)[C@H](C)C[C@H](C)/C=C/C=C/C=C(\C)C(N3CCN(C)C3=O)C[C@@H]3CC[C@@H](C)[C@@](O)(O3)C(=O)C(=O)N3CCCC[C@H]3C(=O)O2)CC[C@H]1O. The van der Waals surface area contributed by atoms with Crippen LogP contribution in [0.5, 0.6) is 0 Å². The van der Waals surface area contributed by atoms with Crippen LogP contribution in [-0.4, -0.2) is 155 Å². The van der Waals surface area contributed by atoms with Gasteiger partial charge in [0.15, 0.2) is 5.78 Å². The number of nitrogens with zero attached hydrogens (tertiary/aromatic N) is 3. The normalized spacial score (nSPS) is 39.9. The van der Waals surface area contributed by atoms with Crippen molar-refractivity contribution in [3.05, 3.63) is 47.6 Å². The molecule has 0 aromatic rings. The minimum absolute atomic E-state index is 0.0321. The maximum Gasteiger partial charge on any atom is 0.329 e. The number of ketones is 2. The van der Waals surface area contributed by atoms with Crippen LogP contribution in [0.3, 0.4) is 0 Å². The first-order valence-corrected chi connectivity index (χ1v) is 25.4. The Balaban J connectivity index is 1.46. The lowest BCUT2D eigenvalue weighted by Gasteiger charge is -2.43. The van der Waals surface area contributed by atoms with Gasteiger partial charge in [0.25, 0.3) is 11.7 Å². The third-order valence-corrected chi connectivity index (χ3v) is 15.5. The number of esters is 1. The molecular weight excluding hydrogens is 871 g/mol. The molecule has 0 aromatic carbocycles. The monoisotopic (exact) mass is 954 g/mol. The number of methoxy groups -OCH3 is 2. The number of cyclic esters (lactones) is 1. The second-order valence-electron chi connectivity index (χ2n) is 20.8. The average Bonchev–Trinajstić information content (AvgIpc) is 3.65. The van der Waals surface area contributed by atoms with E-state index in [2.05, 4.69) is 0 Å². The fraction of sp³-hybridized carbons (Fsp3) is 0.755. The van der Waals surface area contributed by atoms with Crippen molar-refractivity contribution >= 4 is 29.5 Å². The van der Waals surface area contributed by atoms with Crippen LogP contribution in [-0.2, 0) is 38.1 Å². The van der Waals surface area contributed by atoms with Gasteiger partial charge in [-0.15, -0.1) is 0 Å². The Labute approximate surface area is 405 Å². The molecule has 68 heavy (non-hydrogen) atoms. The van der Waals surface area contributed by atoms with Gasteiger partial charge in [-0.3, -0.25) is 14.4 Å². The second-order valence-corrected chi connectivity index (χ2v) is 20.8. The molecule has 1 saturated carbocycles. The summed E-state index contributed by atoms with van der Waals surface area (Å²) in [6, 6.07) is -1.61. The Morgan fingerprint density at radius 1 is 0.750 bits per heavy atom.